The zero-order valence-electron chi connectivity index (χ0n) is 11.0. The van der Waals surface area contributed by atoms with E-state index in [1.807, 2.05) is 12.1 Å². The molecule has 1 heterocycles. The van der Waals surface area contributed by atoms with E-state index in [0.29, 0.717) is 0 Å². The Labute approximate surface area is 109 Å². The van der Waals surface area contributed by atoms with Crippen molar-refractivity contribution in [3.05, 3.63) is 35.6 Å². The van der Waals surface area contributed by atoms with Gasteiger partial charge in [-0.25, -0.2) is 4.39 Å². The second-order valence-corrected chi connectivity index (χ2v) is 5.20. The first-order chi connectivity index (χ1) is 8.76. The zero-order valence-corrected chi connectivity index (χ0v) is 11.0. The number of halogens is 1. The van der Waals surface area contributed by atoms with Gasteiger partial charge < -0.3 is 10.1 Å². The molecular formula is C15H22FNO. The minimum absolute atomic E-state index is 0.0520. The Morgan fingerprint density at radius 2 is 2.22 bits per heavy atom. The highest BCUT2D eigenvalue weighted by atomic mass is 19.1. The van der Waals surface area contributed by atoms with Gasteiger partial charge in [-0.15, -0.1) is 0 Å². The normalized spacial score (nSPS) is 24.1. The lowest BCUT2D eigenvalue weighted by Gasteiger charge is -2.37. The highest BCUT2D eigenvalue weighted by molar-refractivity contribution is 5.19. The second-order valence-electron chi connectivity index (χ2n) is 5.20. The molecule has 0 radical (unpaired) electrons. The van der Waals surface area contributed by atoms with Crippen molar-refractivity contribution < 1.29 is 9.13 Å². The molecule has 0 spiro atoms. The molecule has 1 saturated heterocycles. The fourth-order valence-electron chi connectivity index (χ4n) is 2.69. The van der Waals surface area contributed by atoms with Gasteiger partial charge in [-0.3, -0.25) is 0 Å². The number of benzene rings is 1. The van der Waals surface area contributed by atoms with Crippen molar-refractivity contribution in [2.24, 2.45) is 5.41 Å². The third-order valence-electron chi connectivity index (χ3n) is 3.68. The van der Waals surface area contributed by atoms with Crippen LogP contribution < -0.4 is 5.32 Å². The summed E-state index contributed by atoms with van der Waals surface area (Å²) in [5.74, 6) is -0.0982. The van der Waals surface area contributed by atoms with Crippen LogP contribution in [0.25, 0.3) is 0 Å². The molecule has 100 valence electrons. The Hall–Kier alpha value is -0.930. The SMILES string of the molecule is CCNCC1(Cc2ccccc2F)CCCOC1. The van der Waals surface area contributed by atoms with Gasteiger partial charge in [-0.05, 0) is 37.4 Å². The molecule has 0 aromatic heterocycles. The lowest BCUT2D eigenvalue weighted by Crippen LogP contribution is -2.42. The van der Waals surface area contributed by atoms with Crippen molar-refractivity contribution in [2.75, 3.05) is 26.3 Å². The van der Waals surface area contributed by atoms with Gasteiger partial charge in [0, 0.05) is 18.6 Å². The fourth-order valence-corrected chi connectivity index (χ4v) is 2.69. The highest BCUT2D eigenvalue weighted by Gasteiger charge is 2.33. The van der Waals surface area contributed by atoms with E-state index in [-0.39, 0.29) is 11.2 Å². The van der Waals surface area contributed by atoms with Crippen molar-refractivity contribution in [1.29, 1.82) is 0 Å². The van der Waals surface area contributed by atoms with Crippen molar-refractivity contribution in [2.45, 2.75) is 26.2 Å². The Bertz CT molecular complexity index is 375. The van der Waals surface area contributed by atoms with Crippen LogP contribution in [0, 0.1) is 11.2 Å². The van der Waals surface area contributed by atoms with Gasteiger partial charge in [0.1, 0.15) is 5.82 Å². The van der Waals surface area contributed by atoms with Gasteiger partial charge in [0.2, 0.25) is 0 Å². The molecule has 1 aromatic carbocycles. The van der Waals surface area contributed by atoms with Crippen LogP contribution >= 0.6 is 0 Å². The summed E-state index contributed by atoms with van der Waals surface area (Å²) < 4.78 is 19.4. The lowest BCUT2D eigenvalue weighted by molar-refractivity contribution is -0.00728. The summed E-state index contributed by atoms with van der Waals surface area (Å²) in [5.41, 5.74) is 0.858. The topological polar surface area (TPSA) is 21.3 Å². The quantitative estimate of drug-likeness (QED) is 0.869. The third-order valence-corrected chi connectivity index (χ3v) is 3.68. The third kappa shape index (κ3) is 3.30. The molecular weight excluding hydrogens is 229 g/mol. The molecule has 2 nitrogen and oxygen atoms in total. The zero-order chi connectivity index (χ0) is 12.8. The maximum absolute atomic E-state index is 13.8. The summed E-state index contributed by atoms with van der Waals surface area (Å²) in [6, 6.07) is 7.08. The molecule has 0 aliphatic carbocycles. The van der Waals surface area contributed by atoms with E-state index < -0.39 is 0 Å². The van der Waals surface area contributed by atoms with Gasteiger partial charge in [0.15, 0.2) is 0 Å². The molecule has 1 fully saturated rings. The molecule has 1 aromatic rings. The van der Waals surface area contributed by atoms with Crippen molar-refractivity contribution in [3.63, 3.8) is 0 Å². The van der Waals surface area contributed by atoms with Crippen LogP contribution in [0.1, 0.15) is 25.3 Å². The van der Waals surface area contributed by atoms with E-state index in [2.05, 4.69) is 12.2 Å². The first-order valence-electron chi connectivity index (χ1n) is 6.78. The monoisotopic (exact) mass is 251 g/mol. The molecule has 1 atom stereocenters. The molecule has 3 heteroatoms. The van der Waals surface area contributed by atoms with E-state index in [1.54, 1.807) is 12.1 Å². The largest absolute Gasteiger partial charge is 0.381 e. The van der Waals surface area contributed by atoms with Crippen LogP contribution in [-0.2, 0) is 11.2 Å². The van der Waals surface area contributed by atoms with Crippen LogP contribution in [0.15, 0.2) is 24.3 Å². The first kappa shape index (κ1) is 13.5. The van der Waals surface area contributed by atoms with Crippen LogP contribution in [0.3, 0.4) is 0 Å². The number of rotatable bonds is 5. The summed E-state index contributed by atoms with van der Waals surface area (Å²) in [6.07, 6.45) is 2.93. The predicted octanol–water partition coefficient (Wildman–Crippen LogP) is 2.77. The predicted molar refractivity (Wildman–Crippen MR) is 71.1 cm³/mol. The Morgan fingerprint density at radius 3 is 2.89 bits per heavy atom. The molecule has 0 bridgehead atoms. The molecule has 18 heavy (non-hydrogen) atoms. The summed E-state index contributed by atoms with van der Waals surface area (Å²) in [5, 5.41) is 3.40. The minimum Gasteiger partial charge on any atom is -0.381 e. The maximum Gasteiger partial charge on any atom is 0.126 e. The molecule has 1 aliphatic heterocycles. The smallest absolute Gasteiger partial charge is 0.126 e. The van der Waals surface area contributed by atoms with Crippen molar-refractivity contribution in [1.82, 2.24) is 5.32 Å². The number of ether oxygens (including phenoxy) is 1. The average molecular weight is 251 g/mol. The molecule has 1 N–H and O–H groups in total. The summed E-state index contributed by atoms with van der Waals surface area (Å²) >= 11 is 0. The number of hydrogen-bond donors (Lipinski definition) is 1. The van der Waals surface area contributed by atoms with Crippen LogP contribution in [-0.4, -0.2) is 26.3 Å². The Morgan fingerprint density at radius 1 is 1.39 bits per heavy atom. The van der Waals surface area contributed by atoms with Gasteiger partial charge >= 0.3 is 0 Å². The first-order valence-corrected chi connectivity index (χ1v) is 6.78. The van der Waals surface area contributed by atoms with Gasteiger partial charge in [-0.1, -0.05) is 25.1 Å². The summed E-state index contributed by atoms with van der Waals surface area (Å²) in [6.45, 7) is 5.51. The Balaban J connectivity index is 2.11. The minimum atomic E-state index is -0.0982. The van der Waals surface area contributed by atoms with Gasteiger partial charge in [0.05, 0.1) is 6.61 Å². The van der Waals surface area contributed by atoms with Crippen LogP contribution in [0.4, 0.5) is 4.39 Å². The van der Waals surface area contributed by atoms with E-state index in [9.17, 15) is 4.39 Å². The molecule has 1 unspecified atom stereocenters. The molecule has 0 saturated carbocycles. The molecule has 1 aliphatic rings. The van der Waals surface area contributed by atoms with Crippen molar-refractivity contribution >= 4 is 0 Å². The maximum atomic E-state index is 13.8. The molecule has 2 rings (SSSR count). The van der Waals surface area contributed by atoms with Crippen LogP contribution in [0.5, 0.6) is 0 Å². The van der Waals surface area contributed by atoms with Gasteiger partial charge in [0.25, 0.3) is 0 Å². The van der Waals surface area contributed by atoms with E-state index in [0.717, 1.165) is 51.1 Å². The van der Waals surface area contributed by atoms with Crippen molar-refractivity contribution in [3.8, 4) is 0 Å². The highest BCUT2D eigenvalue weighted by Crippen LogP contribution is 2.32. The second kappa shape index (κ2) is 6.30. The van der Waals surface area contributed by atoms with E-state index in [1.165, 1.54) is 0 Å². The summed E-state index contributed by atoms with van der Waals surface area (Å²) in [7, 11) is 0. The van der Waals surface area contributed by atoms with Crippen LogP contribution in [0.2, 0.25) is 0 Å². The number of nitrogens with one attached hydrogen (secondary N) is 1. The standard InChI is InChI=1S/C15H22FNO/c1-2-17-11-15(8-5-9-18-12-15)10-13-6-3-4-7-14(13)16/h3-4,6-7,17H,2,5,8-12H2,1H3. The lowest BCUT2D eigenvalue weighted by atomic mass is 9.77. The van der Waals surface area contributed by atoms with E-state index in [4.69, 9.17) is 4.74 Å². The summed E-state index contributed by atoms with van der Waals surface area (Å²) in [4.78, 5) is 0. The Kier molecular flexibility index (Phi) is 4.72. The fraction of sp³-hybridized carbons (Fsp3) is 0.600. The molecule has 0 amide bonds. The van der Waals surface area contributed by atoms with Gasteiger partial charge in [-0.2, -0.15) is 0 Å². The number of hydrogen-bond acceptors (Lipinski definition) is 2. The van der Waals surface area contributed by atoms with E-state index >= 15 is 0 Å². The average Bonchev–Trinajstić information content (AvgIpc) is 2.40.